The summed E-state index contributed by atoms with van der Waals surface area (Å²) < 4.78 is 42.1. The number of hydrogen-bond donors (Lipinski definition) is 1. The Hall–Kier alpha value is -1.50. The lowest BCUT2D eigenvalue weighted by atomic mass is 10.1. The van der Waals surface area contributed by atoms with Gasteiger partial charge in [-0.2, -0.15) is 13.2 Å². The van der Waals surface area contributed by atoms with Crippen molar-refractivity contribution < 1.29 is 22.7 Å². The Kier molecular flexibility index (Phi) is 3.75. The van der Waals surface area contributed by atoms with Crippen molar-refractivity contribution in [3.05, 3.63) is 22.8 Å². The minimum Gasteiger partial charge on any atom is -0.460 e. The topological polar surface area (TPSA) is 65.2 Å². The number of pyridine rings is 1. The first-order valence-electron chi connectivity index (χ1n) is 4.75. The number of nitrogens with zero attached hydrogens (tertiary/aromatic N) is 1. The number of halogens is 4. The largest absolute Gasteiger partial charge is 0.460 e. The molecule has 0 bridgehead atoms. The molecule has 0 fully saturated rings. The molecule has 0 aromatic carbocycles. The van der Waals surface area contributed by atoms with Gasteiger partial charge in [0.1, 0.15) is 5.02 Å². The quantitative estimate of drug-likeness (QED) is 0.926. The lowest BCUT2D eigenvalue weighted by molar-refractivity contribution is -0.138. The molecule has 1 aromatic rings. The third kappa shape index (κ3) is 3.25. The molecule has 18 heavy (non-hydrogen) atoms. The first-order valence-corrected chi connectivity index (χ1v) is 5.13. The lowest BCUT2D eigenvalue weighted by Gasteiger charge is -2.22. The smallest absolute Gasteiger partial charge is 0.417 e. The average Bonchev–Trinajstić information content (AvgIpc) is 2.19. The second-order valence-electron chi connectivity index (χ2n) is 3.99. The van der Waals surface area contributed by atoms with Crippen molar-refractivity contribution in [1.29, 1.82) is 0 Å². The molecule has 0 radical (unpaired) electrons. The molecule has 0 aliphatic rings. The van der Waals surface area contributed by atoms with Crippen LogP contribution in [-0.2, 0) is 11.0 Å². The third-order valence-corrected chi connectivity index (χ3v) is 2.35. The van der Waals surface area contributed by atoms with Gasteiger partial charge in [0.2, 0.25) is 5.88 Å². The summed E-state index contributed by atoms with van der Waals surface area (Å²) in [5.41, 5.74) is 2.63. The molecule has 0 aliphatic carbocycles. The van der Waals surface area contributed by atoms with Gasteiger partial charge in [0, 0.05) is 6.20 Å². The Morgan fingerprint density at radius 1 is 1.44 bits per heavy atom. The van der Waals surface area contributed by atoms with E-state index in [0.29, 0.717) is 12.3 Å². The maximum atomic E-state index is 12.4. The molecule has 100 valence electrons. The second-order valence-corrected chi connectivity index (χ2v) is 4.39. The van der Waals surface area contributed by atoms with Gasteiger partial charge in [0.25, 0.3) is 5.91 Å². The summed E-state index contributed by atoms with van der Waals surface area (Å²) in [4.78, 5) is 14.4. The van der Waals surface area contributed by atoms with E-state index in [1.165, 1.54) is 13.8 Å². The average molecular weight is 283 g/mol. The van der Waals surface area contributed by atoms with Crippen molar-refractivity contribution in [2.24, 2.45) is 5.73 Å². The van der Waals surface area contributed by atoms with Crippen LogP contribution >= 0.6 is 11.6 Å². The number of carbonyl (C=O) groups is 1. The molecule has 1 rings (SSSR count). The fourth-order valence-electron chi connectivity index (χ4n) is 0.947. The molecule has 0 aliphatic heterocycles. The Morgan fingerprint density at radius 2 is 2.00 bits per heavy atom. The van der Waals surface area contributed by atoms with Gasteiger partial charge in [-0.3, -0.25) is 4.79 Å². The van der Waals surface area contributed by atoms with Crippen LogP contribution in [0.3, 0.4) is 0 Å². The Morgan fingerprint density at radius 3 is 2.39 bits per heavy atom. The van der Waals surface area contributed by atoms with Crippen LogP contribution in [0, 0.1) is 0 Å². The fourth-order valence-corrected chi connectivity index (χ4v) is 1.15. The van der Waals surface area contributed by atoms with Crippen LogP contribution < -0.4 is 10.5 Å². The van der Waals surface area contributed by atoms with E-state index < -0.39 is 23.2 Å². The van der Waals surface area contributed by atoms with Crippen molar-refractivity contribution in [3.8, 4) is 5.88 Å². The molecule has 4 nitrogen and oxygen atoms in total. The predicted octanol–water partition coefficient (Wildman–Crippen LogP) is 2.40. The second kappa shape index (κ2) is 4.64. The first-order chi connectivity index (χ1) is 8.04. The summed E-state index contributed by atoms with van der Waals surface area (Å²) in [6.45, 7) is 2.70. The number of alkyl halides is 3. The van der Waals surface area contributed by atoms with Crippen molar-refractivity contribution in [1.82, 2.24) is 4.98 Å². The van der Waals surface area contributed by atoms with Gasteiger partial charge in [-0.25, -0.2) is 4.98 Å². The summed E-state index contributed by atoms with van der Waals surface area (Å²) in [6.07, 6.45) is -3.98. The first kappa shape index (κ1) is 14.6. The molecule has 1 heterocycles. The summed E-state index contributed by atoms with van der Waals surface area (Å²) in [5.74, 6) is -1.08. The van der Waals surface area contributed by atoms with Gasteiger partial charge in [0.15, 0.2) is 5.60 Å². The van der Waals surface area contributed by atoms with Crippen LogP contribution in [0.15, 0.2) is 12.3 Å². The van der Waals surface area contributed by atoms with Crippen LogP contribution in [-0.4, -0.2) is 16.5 Å². The van der Waals surface area contributed by atoms with Gasteiger partial charge >= 0.3 is 6.18 Å². The highest BCUT2D eigenvalue weighted by Crippen LogP contribution is 2.34. The standard InChI is InChI=1S/C10H10ClF3N2O2/c1-9(2,8(15)17)18-7-6(11)3-5(4-16-7)10(12,13)14/h3-4H,1-2H3,(H2,15,17). The molecule has 0 spiro atoms. The number of ether oxygens (including phenoxy) is 1. The number of hydrogen-bond acceptors (Lipinski definition) is 3. The SMILES string of the molecule is CC(C)(Oc1ncc(C(F)(F)F)cc1Cl)C(N)=O. The molecule has 1 amide bonds. The van der Waals surface area contributed by atoms with Crippen LogP contribution in [0.5, 0.6) is 5.88 Å². The number of amides is 1. The summed E-state index contributed by atoms with van der Waals surface area (Å²) in [5, 5.41) is -0.348. The Balaban J connectivity index is 3.04. The van der Waals surface area contributed by atoms with E-state index in [1.807, 2.05) is 0 Å². The van der Waals surface area contributed by atoms with Gasteiger partial charge < -0.3 is 10.5 Å². The third-order valence-electron chi connectivity index (χ3n) is 2.08. The van der Waals surface area contributed by atoms with E-state index in [4.69, 9.17) is 22.1 Å². The number of carbonyl (C=O) groups excluding carboxylic acids is 1. The molecule has 0 unspecified atom stereocenters. The fraction of sp³-hybridized carbons (Fsp3) is 0.400. The van der Waals surface area contributed by atoms with Gasteiger partial charge in [-0.15, -0.1) is 0 Å². The zero-order chi connectivity index (χ0) is 14.1. The molecular weight excluding hydrogens is 273 g/mol. The van der Waals surface area contributed by atoms with Crippen molar-refractivity contribution in [3.63, 3.8) is 0 Å². The number of nitrogens with two attached hydrogens (primary N) is 1. The maximum Gasteiger partial charge on any atom is 0.417 e. The zero-order valence-electron chi connectivity index (χ0n) is 9.51. The Bertz CT molecular complexity index is 475. The van der Waals surface area contributed by atoms with E-state index in [9.17, 15) is 18.0 Å². The summed E-state index contributed by atoms with van der Waals surface area (Å²) in [7, 11) is 0. The van der Waals surface area contributed by atoms with Gasteiger partial charge in [-0.05, 0) is 19.9 Å². The molecule has 0 saturated carbocycles. The normalized spacial score (nSPS) is 12.3. The Labute approximate surface area is 106 Å². The number of aromatic nitrogens is 1. The van der Waals surface area contributed by atoms with Gasteiger partial charge in [-0.1, -0.05) is 11.6 Å². The highest BCUT2D eigenvalue weighted by Gasteiger charge is 2.33. The van der Waals surface area contributed by atoms with Gasteiger partial charge in [0.05, 0.1) is 5.56 Å². The highest BCUT2D eigenvalue weighted by molar-refractivity contribution is 6.31. The van der Waals surface area contributed by atoms with E-state index in [0.717, 1.165) is 0 Å². The highest BCUT2D eigenvalue weighted by atomic mass is 35.5. The van der Waals surface area contributed by atoms with Crippen molar-refractivity contribution >= 4 is 17.5 Å². The molecule has 8 heteroatoms. The van der Waals surface area contributed by atoms with E-state index in [-0.39, 0.29) is 10.9 Å². The predicted molar refractivity (Wildman–Crippen MR) is 58.2 cm³/mol. The number of primary amides is 1. The van der Waals surface area contributed by atoms with Crippen LogP contribution in [0.25, 0.3) is 0 Å². The molecular formula is C10H10ClF3N2O2. The summed E-state index contributed by atoms with van der Waals surface area (Å²) >= 11 is 5.61. The lowest BCUT2D eigenvalue weighted by Crippen LogP contribution is -2.43. The van der Waals surface area contributed by atoms with Crippen LogP contribution in [0.4, 0.5) is 13.2 Å². The zero-order valence-corrected chi connectivity index (χ0v) is 10.3. The van der Waals surface area contributed by atoms with E-state index in [1.54, 1.807) is 0 Å². The van der Waals surface area contributed by atoms with Crippen molar-refractivity contribution in [2.75, 3.05) is 0 Å². The van der Waals surface area contributed by atoms with E-state index in [2.05, 4.69) is 4.98 Å². The minimum atomic E-state index is -4.55. The minimum absolute atomic E-state index is 0.284. The molecule has 2 N–H and O–H groups in total. The van der Waals surface area contributed by atoms with Crippen molar-refractivity contribution in [2.45, 2.75) is 25.6 Å². The molecule has 0 atom stereocenters. The molecule has 1 aromatic heterocycles. The number of rotatable bonds is 3. The van der Waals surface area contributed by atoms with Crippen LogP contribution in [0.1, 0.15) is 19.4 Å². The maximum absolute atomic E-state index is 12.4. The van der Waals surface area contributed by atoms with Crippen LogP contribution in [0.2, 0.25) is 5.02 Å². The summed E-state index contributed by atoms with van der Waals surface area (Å²) in [6, 6.07) is 0.668. The molecule has 0 saturated heterocycles. The monoisotopic (exact) mass is 282 g/mol. The van der Waals surface area contributed by atoms with E-state index >= 15 is 0 Å².